The summed E-state index contributed by atoms with van der Waals surface area (Å²) in [6.45, 7) is 3.40. The molecule has 6 nitrogen and oxygen atoms in total. The third kappa shape index (κ3) is 3.81. The molecule has 0 heterocycles. The van der Waals surface area contributed by atoms with Crippen molar-refractivity contribution < 1.29 is 19.5 Å². The zero-order valence-corrected chi connectivity index (χ0v) is 11.9. The highest BCUT2D eigenvalue weighted by molar-refractivity contribution is 5.99. The molecule has 1 fully saturated rings. The number of carboxylic acids is 1. The highest BCUT2D eigenvalue weighted by atomic mass is 16.4. The second kappa shape index (κ2) is 5.95. The zero-order chi connectivity index (χ0) is 15.6. The molecule has 1 saturated carbocycles. The van der Waals surface area contributed by atoms with Crippen molar-refractivity contribution >= 4 is 23.5 Å². The van der Waals surface area contributed by atoms with Gasteiger partial charge in [-0.2, -0.15) is 0 Å². The van der Waals surface area contributed by atoms with Crippen molar-refractivity contribution in [2.45, 2.75) is 26.3 Å². The Morgan fingerprint density at radius 3 is 2.57 bits per heavy atom. The number of rotatable bonds is 5. The van der Waals surface area contributed by atoms with E-state index in [9.17, 15) is 14.4 Å². The summed E-state index contributed by atoms with van der Waals surface area (Å²) in [5.41, 5.74) is 0.847. The fourth-order valence-electron chi connectivity index (χ4n) is 2.00. The lowest BCUT2D eigenvalue weighted by Gasteiger charge is -2.10. The Kier molecular flexibility index (Phi) is 4.26. The van der Waals surface area contributed by atoms with Gasteiger partial charge in [0.05, 0.1) is 0 Å². The van der Waals surface area contributed by atoms with Gasteiger partial charge in [-0.1, -0.05) is 13.0 Å². The lowest BCUT2D eigenvalue weighted by molar-refractivity contribution is -0.138. The van der Waals surface area contributed by atoms with Gasteiger partial charge in [0.2, 0.25) is 5.91 Å². The third-order valence-electron chi connectivity index (χ3n) is 3.56. The average Bonchev–Trinajstić information content (AvgIpc) is 3.16. The van der Waals surface area contributed by atoms with Gasteiger partial charge in [0, 0.05) is 17.2 Å². The minimum absolute atomic E-state index is 0.0426. The molecule has 1 aromatic carbocycles. The Morgan fingerprint density at radius 1 is 1.33 bits per heavy atom. The predicted octanol–water partition coefficient (Wildman–Crippen LogP) is 1.48. The minimum Gasteiger partial charge on any atom is -0.480 e. The monoisotopic (exact) mass is 290 g/mol. The van der Waals surface area contributed by atoms with Crippen molar-refractivity contribution in [1.29, 1.82) is 0 Å². The molecular weight excluding hydrogens is 272 g/mol. The number of carboxylic acid groups (broad SMARTS) is 1. The van der Waals surface area contributed by atoms with Crippen LogP contribution in [-0.4, -0.2) is 28.9 Å². The van der Waals surface area contributed by atoms with Gasteiger partial charge < -0.3 is 15.7 Å². The van der Waals surface area contributed by atoms with E-state index in [2.05, 4.69) is 10.6 Å². The number of carbonyl (C=O) groups is 3. The van der Waals surface area contributed by atoms with E-state index in [1.807, 2.05) is 6.92 Å². The molecule has 0 aliphatic heterocycles. The van der Waals surface area contributed by atoms with Crippen molar-refractivity contribution in [1.82, 2.24) is 5.32 Å². The van der Waals surface area contributed by atoms with E-state index in [0.717, 1.165) is 6.42 Å². The smallest absolute Gasteiger partial charge is 0.325 e. The lowest BCUT2D eigenvalue weighted by atomic mass is 10.1. The summed E-state index contributed by atoms with van der Waals surface area (Å²) in [5, 5.41) is 13.9. The number of hydrogen-bond acceptors (Lipinski definition) is 3. The number of carbonyl (C=O) groups excluding carboxylic acids is 2. The Bertz CT molecular complexity index is 585. The van der Waals surface area contributed by atoms with E-state index < -0.39 is 17.9 Å². The van der Waals surface area contributed by atoms with E-state index >= 15 is 0 Å². The molecule has 2 amide bonds. The minimum atomic E-state index is -1.10. The van der Waals surface area contributed by atoms with Crippen molar-refractivity contribution in [3.05, 3.63) is 29.8 Å². The van der Waals surface area contributed by atoms with Crippen LogP contribution in [0.1, 0.15) is 30.6 Å². The van der Waals surface area contributed by atoms with Crippen LogP contribution in [-0.2, 0) is 9.59 Å². The summed E-state index contributed by atoms with van der Waals surface area (Å²) in [5.74, 6) is -1.17. The molecule has 3 atom stereocenters. The fourth-order valence-corrected chi connectivity index (χ4v) is 2.00. The van der Waals surface area contributed by atoms with Crippen molar-refractivity contribution in [3.63, 3.8) is 0 Å². The van der Waals surface area contributed by atoms with Crippen LogP contribution in [0.15, 0.2) is 24.3 Å². The first kappa shape index (κ1) is 15.0. The van der Waals surface area contributed by atoms with Crippen molar-refractivity contribution in [2.75, 3.05) is 5.32 Å². The Hall–Kier alpha value is -2.37. The SMILES string of the molecule is CC1CC1C(=O)Nc1cccc(C(=O)N[C@@H](C)C(=O)O)c1. The van der Waals surface area contributed by atoms with E-state index in [-0.39, 0.29) is 11.8 Å². The molecule has 21 heavy (non-hydrogen) atoms. The van der Waals surface area contributed by atoms with Gasteiger partial charge in [-0.25, -0.2) is 0 Å². The molecule has 3 N–H and O–H groups in total. The standard InChI is InChI=1S/C15H18N2O4/c1-8-6-12(8)14(19)17-11-5-3-4-10(7-11)13(18)16-9(2)15(20)21/h3-5,7-9,12H,6H2,1-2H3,(H,16,18)(H,17,19)(H,20,21)/t8?,9-,12?/m0/s1. The maximum absolute atomic E-state index is 11.9. The zero-order valence-electron chi connectivity index (χ0n) is 11.9. The van der Waals surface area contributed by atoms with Crippen LogP contribution in [0.4, 0.5) is 5.69 Å². The van der Waals surface area contributed by atoms with Crippen molar-refractivity contribution in [2.24, 2.45) is 11.8 Å². The molecule has 1 aliphatic carbocycles. The Balaban J connectivity index is 2.01. The highest BCUT2D eigenvalue weighted by Crippen LogP contribution is 2.38. The number of benzene rings is 1. The molecule has 1 aliphatic rings. The molecular formula is C15H18N2O4. The van der Waals surface area contributed by atoms with Gasteiger partial charge in [-0.3, -0.25) is 14.4 Å². The average molecular weight is 290 g/mol. The van der Waals surface area contributed by atoms with Crippen molar-refractivity contribution in [3.8, 4) is 0 Å². The van der Waals surface area contributed by atoms with E-state index in [1.165, 1.54) is 13.0 Å². The summed E-state index contributed by atoms with van der Waals surface area (Å²) in [6, 6.07) is 5.48. The van der Waals surface area contributed by atoms with Gasteiger partial charge in [0.1, 0.15) is 6.04 Å². The second-order valence-electron chi connectivity index (χ2n) is 5.42. The molecule has 2 unspecified atom stereocenters. The number of hydrogen-bond donors (Lipinski definition) is 3. The largest absolute Gasteiger partial charge is 0.480 e. The maximum Gasteiger partial charge on any atom is 0.325 e. The van der Waals surface area contributed by atoms with Gasteiger partial charge in [0.25, 0.3) is 5.91 Å². The normalized spacial score (nSPS) is 21.2. The van der Waals surface area contributed by atoms with Crippen LogP contribution in [0.5, 0.6) is 0 Å². The molecule has 0 radical (unpaired) electrons. The van der Waals surface area contributed by atoms with E-state index in [1.54, 1.807) is 18.2 Å². The molecule has 6 heteroatoms. The highest BCUT2D eigenvalue weighted by Gasteiger charge is 2.39. The molecule has 2 rings (SSSR count). The maximum atomic E-state index is 11.9. The quantitative estimate of drug-likeness (QED) is 0.765. The van der Waals surface area contributed by atoms with E-state index in [0.29, 0.717) is 17.2 Å². The molecule has 0 spiro atoms. The molecule has 0 aromatic heterocycles. The molecule has 112 valence electrons. The van der Waals surface area contributed by atoms with Gasteiger partial charge >= 0.3 is 5.97 Å². The third-order valence-corrected chi connectivity index (χ3v) is 3.56. The summed E-state index contributed by atoms with van der Waals surface area (Å²) in [7, 11) is 0. The molecule has 0 bridgehead atoms. The van der Waals surface area contributed by atoms with Crippen LogP contribution in [0.25, 0.3) is 0 Å². The lowest BCUT2D eigenvalue weighted by Crippen LogP contribution is -2.38. The first-order valence-electron chi connectivity index (χ1n) is 6.83. The summed E-state index contributed by atoms with van der Waals surface area (Å²) < 4.78 is 0. The van der Waals surface area contributed by atoms with Crippen LogP contribution in [0.2, 0.25) is 0 Å². The second-order valence-corrected chi connectivity index (χ2v) is 5.42. The number of amides is 2. The number of nitrogens with one attached hydrogen (secondary N) is 2. The van der Waals surface area contributed by atoms with Crippen LogP contribution in [0.3, 0.4) is 0 Å². The fraction of sp³-hybridized carbons (Fsp3) is 0.400. The summed E-state index contributed by atoms with van der Waals surface area (Å²) in [6.07, 6.45) is 0.891. The summed E-state index contributed by atoms with van der Waals surface area (Å²) in [4.78, 5) is 34.5. The van der Waals surface area contributed by atoms with E-state index in [4.69, 9.17) is 5.11 Å². The predicted molar refractivity (Wildman–Crippen MR) is 76.9 cm³/mol. The van der Waals surface area contributed by atoms with Gasteiger partial charge in [0.15, 0.2) is 0 Å². The topological polar surface area (TPSA) is 95.5 Å². The Morgan fingerprint density at radius 2 is 2.00 bits per heavy atom. The van der Waals surface area contributed by atoms with Crippen LogP contribution >= 0.6 is 0 Å². The Labute approximate surface area is 122 Å². The first-order chi connectivity index (χ1) is 9.88. The van der Waals surface area contributed by atoms with Gasteiger partial charge in [-0.05, 0) is 37.5 Å². The number of aliphatic carboxylic acids is 1. The van der Waals surface area contributed by atoms with Crippen LogP contribution in [0, 0.1) is 11.8 Å². The first-order valence-corrected chi connectivity index (χ1v) is 6.83. The number of anilines is 1. The molecule has 1 aromatic rings. The van der Waals surface area contributed by atoms with Gasteiger partial charge in [-0.15, -0.1) is 0 Å². The van der Waals surface area contributed by atoms with Crippen LogP contribution < -0.4 is 10.6 Å². The molecule has 0 saturated heterocycles. The summed E-state index contributed by atoms with van der Waals surface area (Å²) >= 11 is 0.